The van der Waals surface area contributed by atoms with Crippen molar-refractivity contribution in [3.63, 3.8) is 0 Å². The number of hydrogen-bond acceptors (Lipinski definition) is 3. The molecule has 1 aliphatic carbocycles. The van der Waals surface area contributed by atoms with E-state index in [0.717, 1.165) is 22.3 Å². The van der Waals surface area contributed by atoms with E-state index in [2.05, 4.69) is 27.8 Å². The van der Waals surface area contributed by atoms with Gasteiger partial charge in [-0.25, -0.2) is 4.98 Å². The number of aliphatic hydroxyl groups is 1. The number of aromatic nitrogens is 1. The van der Waals surface area contributed by atoms with Gasteiger partial charge in [-0.15, -0.1) is 11.3 Å². The largest absolute Gasteiger partial charge is 0.384 e. The van der Waals surface area contributed by atoms with Crippen LogP contribution in [0.1, 0.15) is 31.6 Å². The average molecular weight is 262 g/mol. The molecule has 1 fully saturated rings. The van der Waals surface area contributed by atoms with E-state index >= 15 is 0 Å². The van der Waals surface area contributed by atoms with Crippen molar-refractivity contribution in [2.24, 2.45) is 5.41 Å². The maximum Gasteiger partial charge on any atom is 0.123 e. The lowest BCUT2D eigenvalue weighted by molar-refractivity contribution is -0.00998. The zero-order valence-corrected chi connectivity index (χ0v) is 10.1. The van der Waals surface area contributed by atoms with Gasteiger partial charge in [0.15, 0.2) is 0 Å². The van der Waals surface area contributed by atoms with Crippen molar-refractivity contribution in [3.8, 4) is 0 Å². The first kappa shape index (κ1) is 9.62. The monoisotopic (exact) mass is 261 g/mol. The highest BCUT2D eigenvalue weighted by molar-refractivity contribution is 9.10. The van der Waals surface area contributed by atoms with Crippen LogP contribution in [-0.2, 0) is 5.60 Å². The fraction of sp³-hybridized carbons (Fsp3) is 0.667. The van der Waals surface area contributed by atoms with Crippen molar-refractivity contribution < 1.29 is 5.11 Å². The van der Waals surface area contributed by atoms with Gasteiger partial charge in [0.2, 0.25) is 0 Å². The lowest BCUT2D eigenvalue weighted by atomic mass is 9.87. The van der Waals surface area contributed by atoms with Crippen LogP contribution in [0.4, 0.5) is 0 Å². The van der Waals surface area contributed by atoms with E-state index in [1.807, 2.05) is 6.92 Å². The molecule has 2 rings (SSSR count). The van der Waals surface area contributed by atoms with Crippen molar-refractivity contribution in [3.05, 3.63) is 15.0 Å². The van der Waals surface area contributed by atoms with Crippen LogP contribution in [0.2, 0.25) is 0 Å². The predicted octanol–water partition coefficient (Wildman–Crippen LogP) is 2.91. The van der Waals surface area contributed by atoms with Crippen molar-refractivity contribution in [2.75, 3.05) is 0 Å². The Kier molecular flexibility index (Phi) is 2.06. The Morgan fingerprint density at radius 2 is 2.31 bits per heavy atom. The van der Waals surface area contributed by atoms with Gasteiger partial charge < -0.3 is 5.11 Å². The van der Waals surface area contributed by atoms with Gasteiger partial charge >= 0.3 is 0 Å². The third-order valence-electron chi connectivity index (χ3n) is 3.14. The zero-order chi connectivity index (χ0) is 9.69. The van der Waals surface area contributed by atoms with E-state index in [1.54, 1.807) is 5.51 Å². The second-order valence-corrected chi connectivity index (χ2v) is 5.71. The van der Waals surface area contributed by atoms with Gasteiger partial charge in [0.25, 0.3) is 0 Å². The molecule has 13 heavy (non-hydrogen) atoms. The van der Waals surface area contributed by atoms with Crippen LogP contribution < -0.4 is 0 Å². The van der Waals surface area contributed by atoms with Gasteiger partial charge in [0.1, 0.15) is 10.2 Å². The van der Waals surface area contributed by atoms with Crippen LogP contribution in [0.3, 0.4) is 0 Å². The molecule has 0 bridgehead atoms. The van der Waals surface area contributed by atoms with Crippen LogP contribution in [0, 0.1) is 5.41 Å². The average Bonchev–Trinajstić information content (AvgIpc) is 2.63. The van der Waals surface area contributed by atoms with E-state index in [0.29, 0.717) is 0 Å². The highest BCUT2D eigenvalue weighted by atomic mass is 79.9. The lowest BCUT2D eigenvalue weighted by Gasteiger charge is -2.29. The number of rotatable bonds is 2. The SMILES string of the molecule is CC1(C(C)(O)c2scnc2Br)CC1. The van der Waals surface area contributed by atoms with E-state index < -0.39 is 5.60 Å². The van der Waals surface area contributed by atoms with E-state index in [1.165, 1.54) is 11.3 Å². The van der Waals surface area contributed by atoms with Gasteiger partial charge in [-0.05, 0) is 35.7 Å². The molecule has 0 radical (unpaired) electrons. The summed E-state index contributed by atoms with van der Waals surface area (Å²) in [5.74, 6) is 0. The van der Waals surface area contributed by atoms with Crippen molar-refractivity contribution in [2.45, 2.75) is 32.3 Å². The van der Waals surface area contributed by atoms with E-state index in [9.17, 15) is 5.11 Å². The van der Waals surface area contributed by atoms with E-state index in [-0.39, 0.29) is 5.41 Å². The Labute approximate surface area is 90.1 Å². The minimum Gasteiger partial charge on any atom is -0.384 e. The number of hydrogen-bond donors (Lipinski definition) is 1. The Morgan fingerprint density at radius 3 is 2.69 bits per heavy atom. The fourth-order valence-electron chi connectivity index (χ4n) is 1.50. The predicted molar refractivity (Wildman–Crippen MR) is 56.7 cm³/mol. The van der Waals surface area contributed by atoms with E-state index in [4.69, 9.17) is 0 Å². The molecule has 0 saturated heterocycles. The molecule has 1 N–H and O–H groups in total. The van der Waals surface area contributed by atoms with Gasteiger partial charge in [-0.1, -0.05) is 6.92 Å². The minimum absolute atomic E-state index is 0.0576. The summed E-state index contributed by atoms with van der Waals surface area (Å²) in [7, 11) is 0. The summed E-state index contributed by atoms with van der Waals surface area (Å²) >= 11 is 4.88. The third-order valence-corrected chi connectivity index (χ3v) is 5.04. The first-order valence-electron chi connectivity index (χ1n) is 4.29. The first-order chi connectivity index (χ1) is 5.97. The molecule has 0 spiro atoms. The number of thiazole rings is 1. The normalized spacial score (nSPS) is 24.0. The summed E-state index contributed by atoms with van der Waals surface area (Å²) in [6, 6.07) is 0. The second kappa shape index (κ2) is 2.78. The van der Waals surface area contributed by atoms with Gasteiger partial charge in [-0.2, -0.15) is 0 Å². The standard InChI is InChI=1S/C9H12BrNOS/c1-8(3-4-8)9(2,12)6-7(10)11-5-13-6/h5,12H,3-4H2,1-2H3. The van der Waals surface area contributed by atoms with Crippen LogP contribution in [0.15, 0.2) is 10.1 Å². The van der Waals surface area contributed by atoms with Crippen LogP contribution >= 0.6 is 27.3 Å². The first-order valence-corrected chi connectivity index (χ1v) is 5.96. The van der Waals surface area contributed by atoms with Gasteiger partial charge in [-0.3, -0.25) is 0 Å². The number of halogens is 1. The summed E-state index contributed by atoms with van der Waals surface area (Å²) in [6.45, 7) is 4.01. The Balaban J connectivity index is 2.40. The molecule has 1 aromatic rings. The summed E-state index contributed by atoms with van der Waals surface area (Å²) in [6.07, 6.45) is 2.20. The fourth-order valence-corrected chi connectivity index (χ4v) is 3.29. The smallest absolute Gasteiger partial charge is 0.123 e. The summed E-state index contributed by atoms with van der Waals surface area (Å²) in [4.78, 5) is 5.05. The molecule has 0 aromatic carbocycles. The summed E-state index contributed by atoms with van der Waals surface area (Å²) < 4.78 is 0.788. The molecule has 4 heteroatoms. The molecular weight excluding hydrogens is 250 g/mol. The molecule has 72 valence electrons. The summed E-state index contributed by atoms with van der Waals surface area (Å²) in [5.41, 5.74) is 1.09. The molecule has 2 nitrogen and oxygen atoms in total. The Morgan fingerprint density at radius 1 is 1.69 bits per heavy atom. The Bertz CT molecular complexity index is 330. The number of nitrogens with zero attached hydrogens (tertiary/aromatic N) is 1. The molecule has 1 saturated carbocycles. The maximum absolute atomic E-state index is 10.4. The highest BCUT2D eigenvalue weighted by Crippen LogP contribution is 2.59. The third kappa shape index (κ3) is 1.35. The molecule has 0 amide bonds. The van der Waals surface area contributed by atoms with Gasteiger partial charge in [0, 0.05) is 5.41 Å². The molecule has 1 atom stereocenters. The van der Waals surface area contributed by atoms with Crippen LogP contribution in [0.5, 0.6) is 0 Å². The molecular formula is C9H12BrNOS. The topological polar surface area (TPSA) is 33.1 Å². The Hall–Kier alpha value is 0.0700. The van der Waals surface area contributed by atoms with Crippen LogP contribution in [0.25, 0.3) is 0 Å². The maximum atomic E-state index is 10.4. The second-order valence-electron chi connectivity index (χ2n) is 4.11. The zero-order valence-electron chi connectivity index (χ0n) is 7.67. The van der Waals surface area contributed by atoms with Crippen molar-refractivity contribution >= 4 is 27.3 Å². The van der Waals surface area contributed by atoms with Gasteiger partial charge in [0.05, 0.1) is 10.4 Å². The molecule has 1 aromatic heterocycles. The van der Waals surface area contributed by atoms with Crippen LogP contribution in [-0.4, -0.2) is 10.1 Å². The minimum atomic E-state index is -0.729. The molecule has 1 aliphatic rings. The molecule has 1 heterocycles. The highest BCUT2D eigenvalue weighted by Gasteiger charge is 2.54. The summed E-state index contributed by atoms with van der Waals surface area (Å²) in [5, 5.41) is 10.4. The molecule has 1 unspecified atom stereocenters. The quantitative estimate of drug-likeness (QED) is 0.888. The molecule has 0 aliphatic heterocycles. The lowest BCUT2D eigenvalue weighted by Crippen LogP contribution is -2.30. The van der Waals surface area contributed by atoms with Crippen molar-refractivity contribution in [1.82, 2.24) is 4.98 Å². The van der Waals surface area contributed by atoms with Crippen molar-refractivity contribution in [1.29, 1.82) is 0 Å².